The summed E-state index contributed by atoms with van der Waals surface area (Å²) < 4.78 is 15.7. The number of pyridine rings is 1. The van der Waals surface area contributed by atoms with Gasteiger partial charge in [0, 0.05) is 25.1 Å². The maximum atomic E-state index is 13.8. The number of guanidine groups is 1. The van der Waals surface area contributed by atoms with Gasteiger partial charge >= 0.3 is 0 Å². The van der Waals surface area contributed by atoms with Crippen LogP contribution in [0.15, 0.2) is 60.2 Å². The maximum absolute atomic E-state index is 13.8. The van der Waals surface area contributed by atoms with Gasteiger partial charge < -0.3 is 10.6 Å². The zero-order valence-electron chi connectivity index (χ0n) is 16.8. The van der Waals surface area contributed by atoms with E-state index in [2.05, 4.69) is 25.6 Å². The van der Waals surface area contributed by atoms with E-state index < -0.39 is 0 Å². The molecule has 0 saturated heterocycles. The molecule has 2 aromatic heterocycles. The highest BCUT2D eigenvalue weighted by atomic mass is 127. The molecule has 3 aromatic rings. The van der Waals surface area contributed by atoms with Crippen LogP contribution >= 0.6 is 24.0 Å². The summed E-state index contributed by atoms with van der Waals surface area (Å²) >= 11 is 0. The highest BCUT2D eigenvalue weighted by Crippen LogP contribution is 2.16. The third-order valence-electron chi connectivity index (χ3n) is 4.39. The van der Waals surface area contributed by atoms with E-state index in [1.165, 1.54) is 0 Å². The lowest BCUT2D eigenvalue weighted by atomic mass is 10.1. The molecule has 0 aliphatic rings. The molecule has 0 amide bonds. The van der Waals surface area contributed by atoms with Gasteiger partial charge in [0.2, 0.25) is 0 Å². The fourth-order valence-corrected chi connectivity index (χ4v) is 2.71. The van der Waals surface area contributed by atoms with E-state index in [1.54, 1.807) is 37.8 Å². The third-order valence-corrected chi connectivity index (χ3v) is 4.39. The standard InChI is InChI=1S/C21H25FN6.HI/c1-4-24-21(27-16(3)18-7-5-15(2)19(22)11-18)26-13-17-6-8-20(25-12-17)28-10-9-23-14-28;/h5-12,14,16H,4,13H2,1-3H3,(H2,24,26,27);1H. The van der Waals surface area contributed by atoms with Crippen LogP contribution < -0.4 is 10.6 Å². The van der Waals surface area contributed by atoms with Gasteiger partial charge in [-0.05, 0) is 49.6 Å². The molecular formula is C21H26FIN6. The van der Waals surface area contributed by atoms with Gasteiger partial charge in [0.05, 0.1) is 12.6 Å². The molecule has 3 rings (SSSR count). The molecule has 29 heavy (non-hydrogen) atoms. The first-order valence-corrected chi connectivity index (χ1v) is 9.31. The van der Waals surface area contributed by atoms with Crippen molar-refractivity contribution in [1.82, 2.24) is 25.2 Å². The number of hydrogen-bond donors (Lipinski definition) is 2. The van der Waals surface area contributed by atoms with E-state index in [9.17, 15) is 4.39 Å². The van der Waals surface area contributed by atoms with Crippen LogP contribution in [0.1, 0.15) is 36.6 Å². The Bertz CT molecular complexity index is 925. The molecule has 0 bridgehead atoms. The zero-order valence-corrected chi connectivity index (χ0v) is 19.1. The summed E-state index contributed by atoms with van der Waals surface area (Å²) in [5, 5.41) is 6.55. The summed E-state index contributed by atoms with van der Waals surface area (Å²) in [6.45, 7) is 6.97. The monoisotopic (exact) mass is 508 g/mol. The normalized spacial score (nSPS) is 12.2. The number of aromatic nitrogens is 3. The molecule has 2 N–H and O–H groups in total. The maximum Gasteiger partial charge on any atom is 0.192 e. The zero-order chi connectivity index (χ0) is 19.9. The molecular weight excluding hydrogens is 482 g/mol. The van der Waals surface area contributed by atoms with Crippen molar-refractivity contribution in [3.63, 3.8) is 0 Å². The van der Waals surface area contributed by atoms with E-state index in [0.717, 1.165) is 23.5 Å². The number of rotatable bonds is 6. The Hall–Kier alpha value is -2.49. The molecule has 6 nitrogen and oxygen atoms in total. The molecule has 1 aromatic carbocycles. The minimum Gasteiger partial charge on any atom is -0.357 e. The summed E-state index contributed by atoms with van der Waals surface area (Å²) in [5.74, 6) is 1.29. The summed E-state index contributed by atoms with van der Waals surface area (Å²) in [6, 6.07) is 9.14. The largest absolute Gasteiger partial charge is 0.357 e. The number of nitrogens with one attached hydrogen (secondary N) is 2. The third kappa shape index (κ3) is 6.25. The molecule has 0 fully saturated rings. The fourth-order valence-electron chi connectivity index (χ4n) is 2.71. The van der Waals surface area contributed by atoms with Crippen LogP contribution in [0.25, 0.3) is 5.82 Å². The van der Waals surface area contributed by atoms with Gasteiger partial charge in [0.1, 0.15) is 18.0 Å². The number of aryl methyl sites for hydroxylation is 1. The Morgan fingerprint density at radius 2 is 2.10 bits per heavy atom. The Balaban J connectivity index is 0.00000300. The van der Waals surface area contributed by atoms with Crippen LogP contribution in [0, 0.1) is 12.7 Å². The van der Waals surface area contributed by atoms with Crippen LogP contribution in [0.5, 0.6) is 0 Å². The Morgan fingerprint density at radius 1 is 1.28 bits per heavy atom. The smallest absolute Gasteiger partial charge is 0.192 e. The summed E-state index contributed by atoms with van der Waals surface area (Å²) in [5.41, 5.74) is 2.51. The van der Waals surface area contributed by atoms with Gasteiger partial charge in [-0.15, -0.1) is 24.0 Å². The molecule has 1 unspecified atom stereocenters. The van der Waals surface area contributed by atoms with Crippen molar-refractivity contribution in [2.24, 2.45) is 4.99 Å². The molecule has 0 saturated carbocycles. The lowest BCUT2D eigenvalue weighted by Crippen LogP contribution is -2.38. The summed E-state index contributed by atoms with van der Waals surface area (Å²) in [7, 11) is 0. The van der Waals surface area contributed by atoms with E-state index >= 15 is 0 Å². The van der Waals surface area contributed by atoms with E-state index in [1.807, 2.05) is 42.8 Å². The second-order valence-corrected chi connectivity index (χ2v) is 6.56. The minimum absolute atomic E-state index is 0. The predicted molar refractivity (Wildman–Crippen MR) is 124 cm³/mol. The number of nitrogens with zero attached hydrogens (tertiary/aromatic N) is 4. The van der Waals surface area contributed by atoms with Gasteiger partial charge in [-0.25, -0.2) is 19.4 Å². The van der Waals surface area contributed by atoms with Gasteiger partial charge in [-0.2, -0.15) is 0 Å². The number of aliphatic imine (C=N–C) groups is 1. The highest BCUT2D eigenvalue weighted by molar-refractivity contribution is 14.0. The first-order chi connectivity index (χ1) is 13.6. The average Bonchev–Trinajstić information content (AvgIpc) is 3.23. The first kappa shape index (κ1) is 22.8. The van der Waals surface area contributed by atoms with Crippen molar-refractivity contribution in [3.05, 3.63) is 77.8 Å². The lowest BCUT2D eigenvalue weighted by molar-refractivity contribution is 0.607. The fraction of sp³-hybridized carbons (Fsp3) is 0.286. The van der Waals surface area contributed by atoms with Crippen LogP contribution in [-0.2, 0) is 6.54 Å². The SMILES string of the molecule is CCNC(=NCc1ccc(-n2ccnc2)nc1)NC(C)c1ccc(C)c(F)c1.I. The highest BCUT2D eigenvalue weighted by Gasteiger charge is 2.10. The van der Waals surface area contributed by atoms with Gasteiger partial charge in [0.15, 0.2) is 5.96 Å². The molecule has 154 valence electrons. The van der Waals surface area contributed by atoms with Crippen LogP contribution in [-0.4, -0.2) is 27.0 Å². The van der Waals surface area contributed by atoms with Crippen molar-refractivity contribution in [3.8, 4) is 5.82 Å². The average molecular weight is 508 g/mol. The number of benzene rings is 1. The van der Waals surface area contributed by atoms with Gasteiger partial charge in [0.25, 0.3) is 0 Å². The Morgan fingerprint density at radius 3 is 2.72 bits per heavy atom. The van der Waals surface area contributed by atoms with Crippen molar-refractivity contribution in [2.45, 2.75) is 33.4 Å². The number of hydrogen-bond acceptors (Lipinski definition) is 3. The van der Waals surface area contributed by atoms with Crippen LogP contribution in [0.3, 0.4) is 0 Å². The number of halogens is 2. The molecule has 2 heterocycles. The molecule has 8 heteroatoms. The second-order valence-electron chi connectivity index (χ2n) is 6.56. The molecule has 0 spiro atoms. The summed E-state index contributed by atoms with van der Waals surface area (Å²) in [4.78, 5) is 13.1. The molecule has 0 aliphatic carbocycles. The molecule has 0 radical (unpaired) electrons. The Labute approximate surface area is 187 Å². The molecule has 0 aliphatic heterocycles. The van der Waals surface area contributed by atoms with E-state index in [-0.39, 0.29) is 35.8 Å². The predicted octanol–water partition coefficient (Wildman–Crippen LogP) is 4.15. The topological polar surface area (TPSA) is 67.1 Å². The second kappa shape index (κ2) is 10.9. The minimum atomic E-state index is -0.197. The van der Waals surface area contributed by atoms with Crippen molar-refractivity contribution in [1.29, 1.82) is 0 Å². The molecule has 1 atom stereocenters. The van der Waals surface area contributed by atoms with Gasteiger partial charge in [-0.3, -0.25) is 4.57 Å². The van der Waals surface area contributed by atoms with E-state index in [4.69, 9.17) is 0 Å². The van der Waals surface area contributed by atoms with E-state index in [0.29, 0.717) is 18.1 Å². The van der Waals surface area contributed by atoms with Crippen molar-refractivity contribution in [2.75, 3.05) is 6.54 Å². The Kier molecular flexibility index (Phi) is 8.56. The number of imidazole rings is 1. The lowest BCUT2D eigenvalue weighted by Gasteiger charge is -2.18. The van der Waals surface area contributed by atoms with Crippen LogP contribution in [0.2, 0.25) is 0 Å². The van der Waals surface area contributed by atoms with Gasteiger partial charge in [-0.1, -0.05) is 18.2 Å². The van der Waals surface area contributed by atoms with Crippen LogP contribution in [0.4, 0.5) is 4.39 Å². The van der Waals surface area contributed by atoms with Crippen molar-refractivity contribution < 1.29 is 4.39 Å². The first-order valence-electron chi connectivity index (χ1n) is 9.31. The van der Waals surface area contributed by atoms with Crippen molar-refractivity contribution >= 4 is 29.9 Å². The summed E-state index contributed by atoms with van der Waals surface area (Å²) in [6.07, 6.45) is 7.09. The quantitative estimate of drug-likeness (QED) is 0.298.